The number of hydrogen-bond acceptors (Lipinski definition) is 7. The van der Waals surface area contributed by atoms with Crippen LogP contribution >= 0.6 is 0 Å². The maximum atomic E-state index is 13.4. The van der Waals surface area contributed by atoms with Gasteiger partial charge in [-0.25, -0.2) is 19.7 Å². The number of hydrogen-bond donors (Lipinski definition) is 1. The fraction of sp³-hybridized carbons (Fsp3) is 0.348. The molecule has 9 heteroatoms. The van der Waals surface area contributed by atoms with Crippen LogP contribution in [0.15, 0.2) is 47.5 Å². The summed E-state index contributed by atoms with van der Waals surface area (Å²) in [5.74, 6) is 2.08. The number of amides is 2. The van der Waals surface area contributed by atoms with Crippen molar-refractivity contribution in [3.63, 3.8) is 0 Å². The van der Waals surface area contributed by atoms with Crippen LogP contribution in [0.3, 0.4) is 0 Å². The molecule has 3 aliphatic rings. The zero-order chi connectivity index (χ0) is 21.7. The topological polar surface area (TPSA) is 104 Å². The van der Waals surface area contributed by atoms with Crippen molar-refractivity contribution in [2.45, 2.75) is 31.7 Å². The monoisotopic (exact) mass is 430 g/mol. The van der Waals surface area contributed by atoms with E-state index in [1.54, 1.807) is 35.5 Å². The summed E-state index contributed by atoms with van der Waals surface area (Å²) in [6.45, 7) is 1.61. The van der Waals surface area contributed by atoms with Crippen molar-refractivity contribution in [3.05, 3.63) is 48.7 Å². The molecule has 2 amide bonds. The first kappa shape index (κ1) is 19.0. The van der Waals surface area contributed by atoms with Gasteiger partial charge in [-0.05, 0) is 49.4 Å². The second-order valence-corrected chi connectivity index (χ2v) is 8.59. The number of carbonyl (C=O) groups excluding carboxylic acids is 2. The average molecular weight is 430 g/mol. The van der Waals surface area contributed by atoms with E-state index in [1.165, 1.54) is 6.39 Å². The standard InChI is InChI=1S/C23H22N6O3/c30-19(9-14-1-2-14)17-3-4-18-22(26-17)29(16-6-8-28(18)12-16)23(31)27-21-10-15(5-7-25-21)20-11-24-13-32-20/h3-5,7,10-11,13-14,16H,1-2,6,8-9,12H2,(H,25,27,31)/t16-/m0/s1. The Kier molecular flexibility index (Phi) is 4.41. The van der Waals surface area contributed by atoms with Gasteiger partial charge < -0.3 is 9.32 Å². The molecule has 3 aromatic heterocycles. The van der Waals surface area contributed by atoms with Crippen LogP contribution < -0.4 is 15.1 Å². The molecule has 0 unspecified atom stereocenters. The Bertz CT molecular complexity index is 1190. The van der Waals surface area contributed by atoms with Crippen molar-refractivity contribution in [1.82, 2.24) is 15.0 Å². The highest BCUT2D eigenvalue weighted by atomic mass is 16.3. The summed E-state index contributed by atoms with van der Waals surface area (Å²) in [6, 6.07) is 6.95. The van der Waals surface area contributed by atoms with E-state index in [9.17, 15) is 9.59 Å². The Morgan fingerprint density at radius 2 is 2.09 bits per heavy atom. The number of Topliss-reactive ketones (excluding diaryl/α,β-unsaturated/α-hetero) is 1. The zero-order valence-corrected chi connectivity index (χ0v) is 17.4. The molecule has 0 aromatic carbocycles. The van der Waals surface area contributed by atoms with Crippen LogP contribution in [0.2, 0.25) is 0 Å². The number of carbonyl (C=O) groups is 2. The van der Waals surface area contributed by atoms with E-state index in [1.807, 2.05) is 6.07 Å². The molecule has 1 saturated heterocycles. The van der Waals surface area contributed by atoms with Crippen LogP contribution in [0.4, 0.5) is 22.1 Å². The first-order chi connectivity index (χ1) is 15.7. The summed E-state index contributed by atoms with van der Waals surface area (Å²) in [4.78, 5) is 42.8. The van der Waals surface area contributed by atoms with E-state index in [4.69, 9.17) is 4.42 Å². The lowest BCUT2D eigenvalue weighted by molar-refractivity contribution is 0.0971. The normalized spacial score (nSPS) is 19.1. The molecule has 9 nitrogen and oxygen atoms in total. The molecule has 32 heavy (non-hydrogen) atoms. The van der Waals surface area contributed by atoms with Gasteiger partial charge in [-0.1, -0.05) is 0 Å². The highest BCUT2D eigenvalue weighted by Gasteiger charge is 2.40. The molecule has 162 valence electrons. The summed E-state index contributed by atoms with van der Waals surface area (Å²) in [5, 5.41) is 2.90. The van der Waals surface area contributed by atoms with Crippen LogP contribution in [0.25, 0.3) is 11.3 Å². The number of pyridine rings is 2. The molecule has 1 aliphatic carbocycles. The van der Waals surface area contributed by atoms with Gasteiger partial charge in [0.25, 0.3) is 0 Å². The molecule has 5 heterocycles. The van der Waals surface area contributed by atoms with Crippen LogP contribution in [0.1, 0.15) is 36.2 Å². The highest BCUT2D eigenvalue weighted by Crippen LogP contribution is 2.40. The lowest BCUT2D eigenvalue weighted by Crippen LogP contribution is -2.48. The second-order valence-electron chi connectivity index (χ2n) is 8.59. The maximum absolute atomic E-state index is 13.4. The first-order valence-corrected chi connectivity index (χ1v) is 10.9. The molecule has 2 aliphatic heterocycles. The van der Waals surface area contributed by atoms with Gasteiger partial charge in [-0.3, -0.25) is 15.0 Å². The van der Waals surface area contributed by atoms with Gasteiger partial charge in [-0.2, -0.15) is 0 Å². The van der Waals surface area contributed by atoms with E-state index in [2.05, 4.69) is 25.2 Å². The van der Waals surface area contributed by atoms with Crippen molar-refractivity contribution < 1.29 is 14.0 Å². The third-order valence-electron chi connectivity index (χ3n) is 6.34. The van der Waals surface area contributed by atoms with E-state index in [0.29, 0.717) is 35.4 Å². The fourth-order valence-electron chi connectivity index (χ4n) is 4.50. The number of nitrogens with one attached hydrogen (secondary N) is 1. The number of fused-ring (bicyclic) bond motifs is 4. The smallest absolute Gasteiger partial charge is 0.329 e. The molecule has 3 aromatic rings. The Hall–Kier alpha value is -3.75. The Morgan fingerprint density at radius 3 is 2.91 bits per heavy atom. The minimum Gasteiger partial charge on any atom is -0.444 e. The highest BCUT2D eigenvalue weighted by molar-refractivity contribution is 6.05. The number of anilines is 3. The average Bonchev–Trinajstić information content (AvgIpc) is 3.27. The second kappa shape index (κ2) is 7.44. The minimum atomic E-state index is -0.306. The largest absolute Gasteiger partial charge is 0.444 e. The Labute approximate surface area is 184 Å². The van der Waals surface area contributed by atoms with Crippen LogP contribution in [0.5, 0.6) is 0 Å². The SMILES string of the molecule is O=C(CC1CC1)c1ccc2c(n1)N(C(=O)Nc1cc(-c3cnco3)ccn1)[C@H]1CCN2C1. The zero-order valence-electron chi connectivity index (χ0n) is 17.4. The van der Waals surface area contributed by atoms with Gasteiger partial charge in [0.05, 0.1) is 17.9 Å². The number of rotatable bonds is 5. The molecular formula is C23H22N6O3. The Morgan fingerprint density at radius 1 is 1.19 bits per heavy atom. The van der Waals surface area contributed by atoms with Crippen LogP contribution in [-0.2, 0) is 0 Å². The molecular weight excluding hydrogens is 408 g/mol. The number of oxazole rings is 1. The summed E-state index contributed by atoms with van der Waals surface area (Å²) < 4.78 is 5.34. The van der Waals surface area contributed by atoms with Gasteiger partial charge in [-0.15, -0.1) is 0 Å². The quantitative estimate of drug-likeness (QED) is 0.615. The molecule has 1 N–H and O–H groups in total. The molecule has 1 saturated carbocycles. The molecule has 0 spiro atoms. The predicted molar refractivity (Wildman–Crippen MR) is 118 cm³/mol. The predicted octanol–water partition coefficient (Wildman–Crippen LogP) is 3.75. The van der Waals surface area contributed by atoms with Crippen molar-refractivity contribution in [1.29, 1.82) is 0 Å². The third-order valence-corrected chi connectivity index (χ3v) is 6.34. The van der Waals surface area contributed by atoms with Gasteiger partial charge in [0.2, 0.25) is 0 Å². The van der Waals surface area contributed by atoms with E-state index in [0.717, 1.165) is 43.6 Å². The van der Waals surface area contributed by atoms with E-state index < -0.39 is 0 Å². The van der Waals surface area contributed by atoms with Crippen molar-refractivity contribution >= 4 is 29.1 Å². The number of nitrogens with zero attached hydrogens (tertiary/aromatic N) is 5. The molecule has 2 bridgehead atoms. The molecule has 2 fully saturated rings. The summed E-state index contributed by atoms with van der Waals surface area (Å²) >= 11 is 0. The van der Waals surface area contributed by atoms with Crippen molar-refractivity contribution in [2.24, 2.45) is 5.92 Å². The van der Waals surface area contributed by atoms with E-state index >= 15 is 0 Å². The lowest BCUT2D eigenvalue weighted by atomic mass is 10.1. The van der Waals surface area contributed by atoms with Crippen molar-refractivity contribution in [3.8, 4) is 11.3 Å². The van der Waals surface area contributed by atoms with Gasteiger partial charge >= 0.3 is 6.03 Å². The van der Waals surface area contributed by atoms with Crippen LogP contribution in [-0.4, -0.2) is 45.9 Å². The van der Waals surface area contributed by atoms with Crippen molar-refractivity contribution in [2.75, 3.05) is 28.2 Å². The Balaban J connectivity index is 1.29. The van der Waals surface area contributed by atoms with Gasteiger partial charge in [0.15, 0.2) is 23.8 Å². The molecule has 6 rings (SSSR count). The summed E-state index contributed by atoms with van der Waals surface area (Å²) in [7, 11) is 0. The minimum absolute atomic E-state index is 0.00115. The van der Waals surface area contributed by atoms with Gasteiger partial charge in [0, 0.05) is 31.3 Å². The molecule has 1 atom stereocenters. The first-order valence-electron chi connectivity index (χ1n) is 10.9. The van der Waals surface area contributed by atoms with E-state index in [-0.39, 0.29) is 17.9 Å². The summed E-state index contributed by atoms with van der Waals surface area (Å²) in [6.07, 6.45) is 8.19. The third kappa shape index (κ3) is 3.39. The molecule has 0 radical (unpaired) electrons. The maximum Gasteiger partial charge on any atom is 0.329 e. The fourth-order valence-corrected chi connectivity index (χ4v) is 4.50. The van der Waals surface area contributed by atoms with Crippen LogP contribution in [0, 0.1) is 5.92 Å². The van der Waals surface area contributed by atoms with Gasteiger partial charge in [0.1, 0.15) is 11.5 Å². The number of aromatic nitrogens is 3. The lowest BCUT2D eigenvalue weighted by Gasteiger charge is -2.35. The summed E-state index contributed by atoms with van der Waals surface area (Å²) in [5.41, 5.74) is 2.09. The number of urea groups is 1. The number of ketones is 1.